The molecule has 2 atom stereocenters. The van der Waals surface area contributed by atoms with Crippen LogP contribution in [-0.2, 0) is 14.8 Å². The van der Waals surface area contributed by atoms with Crippen LogP contribution >= 0.6 is 0 Å². The van der Waals surface area contributed by atoms with Gasteiger partial charge in [0.25, 0.3) is 10.0 Å². The summed E-state index contributed by atoms with van der Waals surface area (Å²) in [5, 5.41) is 3.54. The molecule has 3 aliphatic heterocycles. The first-order chi connectivity index (χ1) is 21.3. The highest BCUT2D eigenvalue weighted by molar-refractivity contribution is 7.93. The molecule has 2 aromatic carbocycles. The zero-order valence-electron chi connectivity index (χ0n) is 25.8. The third kappa shape index (κ3) is 5.48. The molecule has 234 valence electrons. The predicted octanol–water partition coefficient (Wildman–Crippen LogP) is 4.78. The van der Waals surface area contributed by atoms with E-state index in [4.69, 9.17) is 9.47 Å². The summed E-state index contributed by atoms with van der Waals surface area (Å²) in [6, 6.07) is 13.7. The van der Waals surface area contributed by atoms with Gasteiger partial charge >= 0.3 is 0 Å². The number of piperidine rings is 2. The predicted molar refractivity (Wildman–Crippen MR) is 170 cm³/mol. The van der Waals surface area contributed by atoms with Gasteiger partial charge in [-0.1, -0.05) is 12.1 Å². The van der Waals surface area contributed by atoms with E-state index in [0.29, 0.717) is 41.5 Å². The van der Waals surface area contributed by atoms with Crippen molar-refractivity contribution in [3.05, 3.63) is 77.1 Å². The van der Waals surface area contributed by atoms with E-state index >= 15 is 0 Å². The summed E-state index contributed by atoms with van der Waals surface area (Å²) in [5.41, 5.74) is 4.12. The van der Waals surface area contributed by atoms with E-state index in [1.54, 1.807) is 13.0 Å². The third-order valence-corrected chi connectivity index (χ3v) is 11.9. The lowest BCUT2D eigenvalue weighted by atomic mass is 9.60. The normalized spacial score (nSPS) is 21.8. The number of rotatable bonds is 8. The van der Waals surface area contributed by atoms with Crippen molar-refractivity contribution in [2.75, 3.05) is 50.2 Å². The van der Waals surface area contributed by atoms with Crippen LogP contribution in [0.3, 0.4) is 0 Å². The maximum atomic E-state index is 14.4. The Balaban J connectivity index is 1.41. The maximum absolute atomic E-state index is 14.4. The van der Waals surface area contributed by atoms with Crippen molar-refractivity contribution in [3.63, 3.8) is 0 Å². The summed E-state index contributed by atoms with van der Waals surface area (Å²) < 4.78 is 42.0. The number of carbonyl (C=O) groups is 1. The highest BCUT2D eigenvalue weighted by Crippen LogP contribution is 2.55. The number of pyridine rings is 1. The Morgan fingerprint density at radius 1 is 1.09 bits per heavy atom. The van der Waals surface area contributed by atoms with Gasteiger partial charge in [-0.15, -0.1) is 0 Å². The van der Waals surface area contributed by atoms with Crippen LogP contribution in [-0.4, -0.2) is 70.5 Å². The number of aromatic nitrogens is 1. The molecule has 3 aliphatic rings. The number of aryl methyl sites for hydroxylation is 1. The maximum Gasteiger partial charge on any atom is 0.265 e. The molecule has 44 heavy (non-hydrogen) atoms. The van der Waals surface area contributed by atoms with Crippen molar-refractivity contribution >= 4 is 22.0 Å². The zero-order valence-corrected chi connectivity index (χ0v) is 26.6. The highest BCUT2D eigenvalue weighted by Gasteiger charge is 2.48. The van der Waals surface area contributed by atoms with Crippen LogP contribution in [0, 0.1) is 19.3 Å². The molecule has 4 heterocycles. The Morgan fingerprint density at radius 3 is 2.59 bits per heavy atom. The number of hydrogen-bond donors (Lipinski definition) is 1. The Labute approximate surface area is 260 Å². The van der Waals surface area contributed by atoms with Gasteiger partial charge in [-0.25, -0.2) is 8.42 Å². The average molecular weight is 619 g/mol. The van der Waals surface area contributed by atoms with Gasteiger partial charge in [0.15, 0.2) is 0 Å². The molecular formula is C34H42N4O5S. The van der Waals surface area contributed by atoms with E-state index in [-0.39, 0.29) is 35.4 Å². The third-order valence-electron chi connectivity index (χ3n) is 9.80. The second kappa shape index (κ2) is 12.5. The molecule has 0 bridgehead atoms. The van der Waals surface area contributed by atoms with Gasteiger partial charge in [-0.3, -0.25) is 14.2 Å². The number of ether oxygens (including phenoxy) is 2. The number of nitrogens with zero attached hydrogens (tertiary/aromatic N) is 3. The summed E-state index contributed by atoms with van der Waals surface area (Å²) in [6.45, 7) is 9.38. The molecule has 1 spiro atoms. The molecular weight excluding hydrogens is 576 g/mol. The number of nitrogens with one attached hydrogen (secondary N) is 1. The highest BCUT2D eigenvalue weighted by atomic mass is 32.2. The molecule has 2 unspecified atom stereocenters. The van der Waals surface area contributed by atoms with Crippen molar-refractivity contribution in [2.45, 2.75) is 56.9 Å². The van der Waals surface area contributed by atoms with Gasteiger partial charge in [-0.05, 0) is 106 Å². The second-order valence-corrected chi connectivity index (χ2v) is 14.0. The summed E-state index contributed by atoms with van der Waals surface area (Å²) in [5.74, 6) is 1.38. The zero-order chi connectivity index (χ0) is 30.9. The van der Waals surface area contributed by atoms with E-state index in [1.807, 2.05) is 50.5 Å². The molecule has 0 saturated carbocycles. The Bertz CT molecular complexity index is 1610. The number of sulfonamides is 1. The quantitative estimate of drug-likeness (QED) is 0.360. The minimum Gasteiger partial charge on any atom is -0.494 e. The van der Waals surface area contributed by atoms with Crippen molar-refractivity contribution < 1.29 is 22.7 Å². The minimum absolute atomic E-state index is 0.0436. The first-order valence-corrected chi connectivity index (χ1v) is 17.0. The summed E-state index contributed by atoms with van der Waals surface area (Å²) >= 11 is 0. The first kappa shape index (κ1) is 30.6. The fourth-order valence-corrected chi connectivity index (χ4v) is 9.56. The molecule has 3 aromatic rings. The van der Waals surface area contributed by atoms with E-state index in [2.05, 4.69) is 27.3 Å². The number of hydrogen-bond acceptors (Lipinski definition) is 8. The standard InChI is InChI=1S/C34H42N4O5S/c1-4-42-31-7-5-24(2)33(25(31)3)44(40,41)38-18-20-43-32-8-6-27(21-29(32)38)30-22-34(11-15-36-16-12-34)28(23-37(30)17-19-39)26-9-13-35-14-10-26/h5-10,13-14,19,21,28,30,36H,4,11-12,15-18,20,22-23H2,1-3H3. The smallest absolute Gasteiger partial charge is 0.265 e. The van der Waals surface area contributed by atoms with E-state index in [9.17, 15) is 13.2 Å². The number of fused-ring (bicyclic) bond motifs is 1. The largest absolute Gasteiger partial charge is 0.494 e. The Hall–Kier alpha value is -3.47. The molecule has 1 aromatic heterocycles. The molecule has 0 radical (unpaired) electrons. The van der Waals surface area contributed by atoms with Crippen LogP contribution in [0.1, 0.15) is 60.4 Å². The summed E-state index contributed by atoms with van der Waals surface area (Å²) in [7, 11) is -3.93. The van der Waals surface area contributed by atoms with Crippen molar-refractivity contribution in [1.82, 2.24) is 15.2 Å². The number of aldehydes is 1. The van der Waals surface area contributed by atoms with Crippen LogP contribution in [0.4, 0.5) is 5.69 Å². The summed E-state index contributed by atoms with van der Waals surface area (Å²) in [6.07, 6.45) is 7.63. The van der Waals surface area contributed by atoms with Gasteiger partial charge in [0.1, 0.15) is 24.4 Å². The van der Waals surface area contributed by atoms with E-state index in [0.717, 1.165) is 50.7 Å². The number of carbonyl (C=O) groups excluding carboxylic acids is 1. The number of likely N-dealkylation sites (tertiary alicyclic amines) is 1. The van der Waals surface area contributed by atoms with Gasteiger partial charge in [0.05, 0.1) is 30.3 Å². The molecule has 10 heteroatoms. The van der Waals surface area contributed by atoms with E-state index < -0.39 is 10.0 Å². The average Bonchev–Trinajstić information content (AvgIpc) is 3.03. The lowest BCUT2D eigenvalue weighted by Crippen LogP contribution is -2.52. The van der Waals surface area contributed by atoms with Crippen molar-refractivity contribution in [3.8, 4) is 11.5 Å². The lowest BCUT2D eigenvalue weighted by molar-refractivity contribution is -0.111. The van der Waals surface area contributed by atoms with Crippen LogP contribution in [0.5, 0.6) is 11.5 Å². The first-order valence-electron chi connectivity index (χ1n) is 15.6. The van der Waals surface area contributed by atoms with Crippen molar-refractivity contribution in [1.29, 1.82) is 0 Å². The van der Waals surface area contributed by atoms with Gasteiger partial charge < -0.3 is 19.6 Å². The van der Waals surface area contributed by atoms with Gasteiger partial charge in [-0.2, -0.15) is 0 Å². The molecule has 0 amide bonds. The van der Waals surface area contributed by atoms with Crippen LogP contribution < -0.4 is 19.1 Å². The molecule has 1 N–H and O–H groups in total. The Kier molecular flexibility index (Phi) is 8.68. The van der Waals surface area contributed by atoms with Crippen LogP contribution in [0.2, 0.25) is 0 Å². The number of anilines is 1. The van der Waals surface area contributed by atoms with E-state index in [1.165, 1.54) is 9.87 Å². The molecule has 6 rings (SSSR count). The van der Waals surface area contributed by atoms with Crippen LogP contribution in [0.15, 0.2) is 59.8 Å². The fourth-order valence-electron chi connectivity index (χ4n) is 7.67. The fraction of sp³-hybridized carbons (Fsp3) is 0.471. The molecule has 9 nitrogen and oxygen atoms in total. The second-order valence-electron chi connectivity index (χ2n) is 12.2. The topological polar surface area (TPSA) is 101 Å². The number of benzene rings is 2. The molecule has 2 saturated heterocycles. The molecule has 0 aliphatic carbocycles. The monoisotopic (exact) mass is 618 g/mol. The Morgan fingerprint density at radius 2 is 1.86 bits per heavy atom. The van der Waals surface area contributed by atoms with Crippen molar-refractivity contribution in [2.24, 2.45) is 5.41 Å². The lowest BCUT2D eigenvalue weighted by Gasteiger charge is -2.54. The van der Waals surface area contributed by atoms with Gasteiger partial charge in [0, 0.05) is 36.5 Å². The minimum atomic E-state index is -3.93. The van der Waals surface area contributed by atoms with Crippen LogP contribution in [0.25, 0.3) is 0 Å². The molecule has 2 fully saturated rings. The summed E-state index contributed by atoms with van der Waals surface area (Å²) in [4.78, 5) is 18.8. The van der Waals surface area contributed by atoms with Gasteiger partial charge in [0.2, 0.25) is 0 Å². The SMILES string of the molecule is CCOc1ccc(C)c(S(=O)(=O)N2CCOc3ccc(C4CC5(CCNCC5)C(c5ccncc5)CN4CC=O)cc32)c1C.